The van der Waals surface area contributed by atoms with Crippen LogP contribution in [0.1, 0.15) is 48.8 Å². The second kappa shape index (κ2) is 7.30. The van der Waals surface area contributed by atoms with Crippen LogP contribution in [-0.4, -0.2) is 27.7 Å². The molecule has 0 bridgehead atoms. The molecule has 2 fully saturated rings. The molecule has 1 aromatic carbocycles. The van der Waals surface area contributed by atoms with Gasteiger partial charge >= 0.3 is 0 Å². The Morgan fingerprint density at radius 1 is 1.11 bits per heavy atom. The van der Waals surface area contributed by atoms with Crippen molar-refractivity contribution in [3.63, 3.8) is 0 Å². The summed E-state index contributed by atoms with van der Waals surface area (Å²) in [5, 5.41) is 11.5. The maximum absolute atomic E-state index is 12.9. The highest BCUT2D eigenvalue weighted by atomic mass is 35.5. The molecule has 1 atom stereocenters. The smallest absolute Gasteiger partial charge is 0.296 e. The summed E-state index contributed by atoms with van der Waals surface area (Å²) in [7, 11) is 0. The van der Waals surface area contributed by atoms with E-state index in [9.17, 15) is 14.7 Å². The zero-order valence-electron chi connectivity index (χ0n) is 15.2. The molecule has 1 aliphatic carbocycles. The number of aryl methyl sites for hydroxylation is 1. The lowest BCUT2D eigenvalue weighted by atomic mass is 9.98. The largest absolute Gasteiger partial charge is 0.507 e. The zero-order valence-corrected chi connectivity index (χ0v) is 16.8. The molecule has 5 nitrogen and oxygen atoms in total. The van der Waals surface area contributed by atoms with Crippen molar-refractivity contribution < 1.29 is 19.1 Å². The second-order valence-electron chi connectivity index (χ2n) is 7.22. The number of rotatable bonds is 3. The Bertz CT molecular complexity index is 988. The number of hydrogen-bond donors (Lipinski definition) is 1. The molecule has 0 radical (unpaired) electrons. The SMILES string of the molecule is Cc1ccc(C2/C(=C(/O)c3ccc(Cl)c(Cl)c3)C(=O)C(=O)N2C2CCCC2)o1. The molecule has 4 rings (SSSR count). The number of likely N-dealkylation sites (tertiary alicyclic amines) is 1. The van der Waals surface area contributed by atoms with Gasteiger partial charge in [0.2, 0.25) is 0 Å². The van der Waals surface area contributed by atoms with Crippen LogP contribution in [0.25, 0.3) is 5.76 Å². The van der Waals surface area contributed by atoms with Crippen LogP contribution < -0.4 is 0 Å². The highest BCUT2D eigenvalue weighted by Crippen LogP contribution is 2.44. The normalized spacial score (nSPS) is 22.4. The Morgan fingerprint density at radius 3 is 2.43 bits per heavy atom. The molecule has 0 spiro atoms. The van der Waals surface area contributed by atoms with Gasteiger partial charge in [-0.15, -0.1) is 0 Å². The van der Waals surface area contributed by atoms with E-state index in [0.717, 1.165) is 25.7 Å². The number of ketones is 1. The summed E-state index contributed by atoms with van der Waals surface area (Å²) < 4.78 is 5.77. The van der Waals surface area contributed by atoms with E-state index in [1.165, 1.54) is 12.1 Å². The van der Waals surface area contributed by atoms with Crippen molar-refractivity contribution in [2.45, 2.75) is 44.7 Å². The predicted octanol–water partition coefficient (Wildman–Crippen LogP) is 5.26. The molecule has 28 heavy (non-hydrogen) atoms. The maximum atomic E-state index is 12.9. The number of carbonyl (C=O) groups is 2. The van der Waals surface area contributed by atoms with Gasteiger partial charge in [0.25, 0.3) is 11.7 Å². The minimum atomic E-state index is -0.758. The van der Waals surface area contributed by atoms with E-state index in [1.54, 1.807) is 30.0 Å². The van der Waals surface area contributed by atoms with Crippen LogP contribution in [0.15, 0.2) is 40.3 Å². The van der Waals surface area contributed by atoms with Gasteiger partial charge < -0.3 is 14.4 Å². The van der Waals surface area contributed by atoms with Gasteiger partial charge in [-0.25, -0.2) is 0 Å². The first kappa shape index (κ1) is 19.1. The molecule has 1 aliphatic heterocycles. The third kappa shape index (κ3) is 3.12. The van der Waals surface area contributed by atoms with Gasteiger partial charge in [-0.2, -0.15) is 0 Å². The van der Waals surface area contributed by atoms with Crippen molar-refractivity contribution in [1.29, 1.82) is 0 Å². The van der Waals surface area contributed by atoms with E-state index < -0.39 is 17.7 Å². The minimum Gasteiger partial charge on any atom is -0.507 e. The summed E-state index contributed by atoms with van der Waals surface area (Å²) in [5.41, 5.74) is 0.344. The van der Waals surface area contributed by atoms with Crippen LogP contribution in [0, 0.1) is 6.92 Å². The quantitative estimate of drug-likeness (QED) is 0.418. The average Bonchev–Trinajstić information content (AvgIpc) is 3.38. The number of furan rings is 1. The van der Waals surface area contributed by atoms with E-state index in [0.29, 0.717) is 22.1 Å². The number of carbonyl (C=O) groups excluding carboxylic acids is 2. The molecule has 2 aliphatic rings. The topological polar surface area (TPSA) is 70.8 Å². The van der Waals surface area contributed by atoms with Gasteiger partial charge in [-0.05, 0) is 50.1 Å². The fraction of sp³-hybridized carbons (Fsp3) is 0.333. The lowest BCUT2D eigenvalue weighted by molar-refractivity contribution is -0.141. The Kier molecular flexibility index (Phi) is 4.98. The molecule has 1 aromatic heterocycles. The number of nitrogens with zero attached hydrogens (tertiary/aromatic N) is 1. The molecule has 1 unspecified atom stereocenters. The van der Waals surface area contributed by atoms with E-state index in [-0.39, 0.29) is 22.4 Å². The molecule has 1 saturated carbocycles. The molecule has 1 saturated heterocycles. The van der Waals surface area contributed by atoms with Crippen molar-refractivity contribution >= 4 is 40.7 Å². The van der Waals surface area contributed by atoms with Crippen LogP contribution in [0.3, 0.4) is 0 Å². The summed E-state index contributed by atoms with van der Waals surface area (Å²) in [5.74, 6) is -0.467. The summed E-state index contributed by atoms with van der Waals surface area (Å²) in [6.07, 6.45) is 3.67. The minimum absolute atomic E-state index is 0.0182. The summed E-state index contributed by atoms with van der Waals surface area (Å²) in [6.45, 7) is 1.80. The Morgan fingerprint density at radius 2 is 1.82 bits per heavy atom. The fourth-order valence-corrected chi connectivity index (χ4v) is 4.39. The van der Waals surface area contributed by atoms with E-state index in [4.69, 9.17) is 27.6 Å². The number of benzene rings is 1. The van der Waals surface area contributed by atoms with Gasteiger partial charge in [-0.1, -0.05) is 36.0 Å². The first-order valence-electron chi connectivity index (χ1n) is 9.20. The van der Waals surface area contributed by atoms with Gasteiger partial charge in [0, 0.05) is 11.6 Å². The Hall–Kier alpha value is -2.24. The Balaban J connectivity index is 1.88. The molecule has 146 valence electrons. The van der Waals surface area contributed by atoms with E-state index in [1.807, 2.05) is 0 Å². The third-order valence-electron chi connectivity index (χ3n) is 5.42. The molecule has 2 heterocycles. The highest BCUT2D eigenvalue weighted by molar-refractivity contribution is 6.47. The molecule has 1 amide bonds. The zero-order chi connectivity index (χ0) is 20.0. The number of halogens is 2. The van der Waals surface area contributed by atoms with Crippen LogP contribution in [0.5, 0.6) is 0 Å². The van der Waals surface area contributed by atoms with Crippen molar-refractivity contribution in [3.05, 3.63) is 63.0 Å². The van der Waals surface area contributed by atoms with Gasteiger partial charge in [0.1, 0.15) is 23.3 Å². The van der Waals surface area contributed by atoms with E-state index in [2.05, 4.69) is 0 Å². The van der Waals surface area contributed by atoms with Crippen molar-refractivity contribution in [2.24, 2.45) is 0 Å². The lowest BCUT2D eigenvalue weighted by Crippen LogP contribution is -2.37. The number of hydrogen-bond acceptors (Lipinski definition) is 4. The molecule has 2 aromatic rings. The van der Waals surface area contributed by atoms with Crippen molar-refractivity contribution in [3.8, 4) is 0 Å². The lowest BCUT2D eigenvalue weighted by Gasteiger charge is -2.29. The molecular formula is C21H19Cl2NO4. The number of aliphatic hydroxyl groups is 1. The fourth-order valence-electron chi connectivity index (χ4n) is 4.09. The van der Waals surface area contributed by atoms with Crippen LogP contribution >= 0.6 is 23.2 Å². The van der Waals surface area contributed by atoms with Crippen LogP contribution in [0.2, 0.25) is 10.0 Å². The molecule has 7 heteroatoms. The standard InChI is InChI=1S/C21H19Cl2NO4/c1-11-6-9-16(28-11)18-17(19(25)12-7-8-14(22)15(23)10-12)20(26)21(27)24(18)13-4-2-3-5-13/h6-10,13,18,25H,2-5H2,1H3/b19-17-. The maximum Gasteiger partial charge on any atom is 0.296 e. The number of Topliss-reactive ketones (excluding diaryl/α,β-unsaturated/α-hetero) is 1. The average molecular weight is 420 g/mol. The molecule has 1 N–H and O–H groups in total. The number of aliphatic hydroxyl groups excluding tert-OH is 1. The van der Waals surface area contributed by atoms with Crippen molar-refractivity contribution in [1.82, 2.24) is 4.90 Å². The third-order valence-corrected chi connectivity index (χ3v) is 6.16. The van der Waals surface area contributed by atoms with Crippen molar-refractivity contribution in [2.75, 3.05) is 0 Å². The van der Waals surface area contributed by atoms with Crippen LogP contribution in [0.4, 0.5) is 0 Å². The summed E-state index contributed by atoms with van der Waals surface area (Å²) >= 11 is 12.0. The van der Waals surface area contributed by atoms with Gasteiger partial charge in [-0.3, -0.25) is 9.59 Å². The summed E-state index contributed by atoms with van der Waals surface area (Å²) in [4.78, 5) is 27.4. The highest BCUT2D eigenvalue weighted by Gasteiger charge is 2.50. The van der Waals surface area contributed by atoms with E-state index >= 15 is 0 Å². The van der Waals surface area contributed by atoms with Crippen LogP contribution in [-0.2, 0) is 9.59 Å². The van der Waals surface area contributed by atoms with Gasteiger partial charge in [0.15, 0.2) is 0 Å². The molecular weight excluding hydrogens is 401 g/mol. The first-order valence-corrected chi connectivity index (χ1v) is 9.96. The number of amides is 1. The monoisotopic (exact) mass is 419 g/mol. The second-order valence-corrected chi connectivity index (χ2v) is 8.04. The predicted molar refractivity (Wildman–Crippen MR) is 106 cm³/mol. The summed E-state index contributed by atoms with van der Waals surface area (Å²) in [6, 6.07) is 7.30. The Labute approximate surface area is 172 Å². The first-order chi connectivity index (χ1) is 13.4. The van der Waals surface area contributed by atoms with Gasteiger partial charge in [0.05, 0.1) is 15.6 Å².